The first-order chi connectivity index (χ1) is 12.3. The van der Waals surface area contributed by atoms with Crippen LogP contribution in [0.15, 0.2) is 35.3 Å². The van der Waals surface area contributed by atoms with Crippen LogP contribution in [0, 0.1) is 0 Å². The molecule has 0 fully saturated rings. The minimum absolute atomic E-state index is 0.0124. The van der Waals surface area contributed by atoms with E-state index in [1.54, 1.807) is 14.2 Å². The van der Waals surface area contributed by atoms with Crippen molar-refractivity contribution in [1.82, 2.24) is 16.0 Å². The highest BCUT2D eigenvalue weighted by Gasteiger charge is 2.02. The van der Waals surface area contributed by atoms with E-state index in [0.29, 0.717) is 45.3 Å². The average Bonchev–Trinajstić information content (AvgIpc) is 2.65. The van der Waals surface area contributed by atoms with Crippen LogP contribution in [0.5, 0.6) is 0 Å². The van der Waals surface area contributed by atoms with Crippen LogP contribution in [0.2, 0.25) is 0 Å². The van der Waals surface area contributed by atoms with Gasteiger partial charge in [-0.15, -0.1) is 0 Å². The number of rotatable bonds is 12. The first-order valence-electron chi connectivity index (χ1n) is 8.58. The second-order valence-electron chi connectivity index (χ2n) is 5.40. The molecule has 7 heteroatoms. The summed E-state index contributed by atoms with van der Waals surface area (Å²) in [6.45, 7) is 3.74. The SMILES string of the molecule is CN=C(NCCCOCCOC)NCCC(=O)NCc1ccccc1. The molecule has 0 aliphatic carbocycles. The summed E-state index contributed by atoms with van der Waals surface area (Å²) in [7, 11) is 3.36. The van der Waals surface area contributed by atoms with Gasteiger partial charge in [0.15, 0.2) is 5.96 Å². The number of nitrogens with one attached hydrogen (secondary N) is 3. The lowest BCUT2D eigenvalue weighted by atomic mass is 10.2. The molecule has 0 spiro atoms. The highest BCUT2D eigenvalue weighted by atomic mass is 16.5. The van der Waals surface area contributed by atoms with Gasteiger partial charge in [-0.2, -0.15) is 0 Å². The van der Waals surface area contributed by atoms with Crippen LogP contribution in [-0.2, 0) is 20.8 Å². The molecule has 0 aliphatic rings. The molecule has 1 aromatic rings. The zero-order valence-electron chi connectivity index (χ0n) is 15.2. The van der Waals surface area contributed by atoms with E-state index in [0.717, 1.165) is 18.5 Å². The first kappa shape index (κ1) is 20.9. The van der Waals surface area contributed by atoms with Crippen molar-refractivity contribution in [3.8, 4) is 0 Å². The summed E-state index contributed by atoms with van der Waals surface area (Å²) >= 11 is 0. The van der Waals surface area contributed by atoms with E-state index in [1.165, 1.54) is 0 Å². The molecular weight excluding hydrogens is 320 g/mol. The quantitative estimate of drug-likeness (QED) is 0.296. The summed E-state index contributed by atoms with van der Waals surface area (Å²) in [6.07, 6.45) is 1.27. The Morgan fingerprint density at radius 1 is 1.04 bits per heavy atom. The standard InChI is InChI=1S/C18H30N4O3/c1-19-18(20-10-6-12-25-14-13-24-2)21-11-9-17(23)22-15-16-7-4-3-5-8-16/h3-5,7-8H,6,9-15H2,1-2H3,(H,22,23)(H2,19,20,21). The molecule has 0 radical (unpaired) electrons. The highest BCUT2D eigenvalue weighted by molar-refractivity contribution is 5.81. The number of benzene rings is 1. The highest BCUT2D eigenvalue weighted by Crippen LogP contribution is 1.97. The van der Waals surface area contributed by atoms with E-state index in [4.69, 9.17) is 9.47 Å². The van der Waals surface area contributed by atoms with Crippen LogP contribution in [0.1, 0.15) is 18.4 Å². The predicted molar refractivity (Wildman–Crippen MR) is 99.6 cm³/mol. The largest absolute Gasteiger partial charge is 0.382 e. The van der Waals surface area contributed by atoms with Gasteiger partial charge in [0.1, 0.15) is 0 Å². The molecule has 0 saturated carbocycles. The molecule has 0 heterocycles. The zero-order valence-corrected chi connectivity index (χ0v) is 15.2. The van der Waals surface area contributed by atoms with Gasteiger partial charge < -0.3 is 25.4 Å². The van der Waals surface area contributed by atoms with Crippen LogP contribution in [0.4, 0.5) is 0 Å². The maximum atomic E-state index is 11.8. The lowest BCUT2D eigenvalue weighted by molar-refractivity contribution is -0.121. The summed E-state index contributed by atoms with van der Waals surface area (Å²) in [4.78, 5) is 16.0. The van der Waals surface area contributed by atoms with E-state index < -0.39 is 0 Å². The maximum Gasteiger partial charge on any atom is 0.222 e. The molecule has 0 saturated heterocycles. The van der Waals surface area contributed by atoms with Crippen LogP contribution < -0.4 is 16.0 Å². The Bertz CT molecular complexity index is 494. The molecule has 0 aromatic heterocycles. The molecule has 140 valence electrons. The number of methoxy groups -OCH3 is 1. The second-order valence-corrected chi connectivity index (χ2v) is 5.40. The van der Waals surface area contributed by atoms with Crippen LogP contribution >= 0.6 is 0 Å². The predicted octanol–water partition coefficient (Wildman–Crippen LogP) is 0.911. The molecule has 0 bridgehead atoms. The van der Waals surface area contributed by atoms with Gasteiger partial charge in [0, 0.05) is 46.8 Å². The number of ether oxygens (including phenoxy) is 2. The monoisotopic (exact) mass is 350 g/mol. The maximum absolute atomic E-state index is 11.8. The van der Waals surface area contributed by atoms with Crippen molar-refractivity contribution in [3.63, 3.8) is 0 Å². The Labute approximate surface area is 150 Å². The topological polar surface area (TPSA) is 84.0 Å². The fourth-order valence-electron chi connectivity index (χ4n) is 2.03. The molecule has 1 aromatic carbocycles. The number of amides is 1. The normalized spacial score (nSPS) is 11.2. The third-order valence-electron chi connectivity index (χ3n) is 3.39. The molecule has 7 nitrogen and oxygen atoms in total. The smallest absolute Gasteiger partial charge is 0.222 e. The van der Waals surface area contributed by atoms with Crippen molar-refractivity contribution in [2.45, 2.75) is 19.4 Å². The fraction of sp³-hybridized carbons (Fsp3) is 0.556. The van der Waals surface area contributed by atoms with Gasteiger partial charge >= 0.3 is 0 Å². The van der Waals surface area contributed by atoms with Gasteiger partial charge in [-0.3, -0.25) is 9.79 Å². The van der Waals surface area contributed by atoms with E-state index in [1.807, 2.05) is 30.3 Å². The average molecular weight is 350 g/mol. The van der Waals surface area contributed by atoms with E-state index >= 15 is 0 Å². The fourth-order valence-corrected chi connectivity index (χ4v) is 2.03. The number of aliphatic imine (C=N–C) groups is 1. The van der Waals surface area contributed by atoms with Gasteiger partial charge in [0.05, 0.1) is 13.2 Å². The van der Waals surface area contributed by atoms with Crippen molar-refractivity contribution in [2.75, 3.05) is 47.1 Å². The first-order valence-corrected chi connectivity index (χ1v) is 8.58. The van der Waals surface area contributed by atoms with Crippen molar-refractivity contribution >= 4 is 11.9 Å². The Hall–Kier alpha value is -2.12. The Morgan fingerprint density at radius 3 is 2.52 bits per heavy atom. The van der Waals surface area contributed by atoms with Gasteiger partial charge in [-0.1, -0.05) is 30.3 Å². The van der Waals surface area contributed by atoms with Gasteiger partial charge in [0.25, 0.3) is 0 Å². The molecular formula is C18H30N4O3. The number of nitrogens with zero attached hydrogens (tertiary/aromatic N) is 1. The summed E-state index contributed by atoms with van der Waals surface area (Å²) in [5, 5.41) is 9.22. The van der Waals surface area contributed by atoms with Crippen LogP contribution in [-0.4, -0.2) is 58.9 Å². The number of carbonyl (C=O) groups is 1. The molecule has 1 amide bonds. The lowest BCUT2D eigenvalue weighted by Gasteiger charge is -2.12. The van der Waals surface area contributed by atoms with Crippen molar-refractivity contribution in [3.05, 3.63) is 35.9 Å². The van der Waals surface area contributed by atoms with Crippen molar-refractivity contribution in [1.29, 1.82) is 0 Å². The summed E-state index contributed by atoms with van der Waals surface area (Å²) in [6, 6.07) is 9.86. The third kappa shape index (κ3) is 11.1. The van der Waals surface area contributed by atoms with Gasteiger partial charge in [-0.05, 0) is 12.0 Å². The van der Waals surface area contributed by atoms with E-state index in [-0.39, 0.29) is 5.91 Å². The van der Waals surface area contributed by atoms with Gasteiger partial charge in [-0.25, -0.2) is 0 Å². The Morgan fingerprint density at radius 2 is 1.80 bits per heavy atom. The summed E-state index contributed by atoms with van der Waals surface area (Å²) in [5.41, 5.74) is 1.09. The van der Waals surface area contributed by atoms with Crippen molar-refractivity contribution in [2.24, 2.45) is 4.99 Å². The molecule has 0 unspecified atom stereocenters. The molecule has 3 N–H and O–H groups in total. The third-order valence-corrected chi connectivity index (χ3v) is 3.39. The molecule has 0 atom stereocenters. The van der Waals surface area contributed by atoms with Crippen LogP contribution in [0.25, 0.3) is 0 Å². The van der Waals surface area contributed by atoms with Crippen molar-refractivity contribution < 1.29 is 14.3 Å². The number of guanidine groups is 1. The molecule has 0 aliphatic heterocycles. The van der Waals surface area contributed by atoms with Gasteiger partial charge in [0.2, 0.25) is 5.91 Å². The second kappa shape index (κ2) is 14.2. The number of carbonyl (C=O) groups excluding carboxylic acids is 1. The van der Waals surface area contributed by atoms with E-state index in [9.17, 15) is 4.79 Å². The number of hydrogen-bond acceptors (Lipinski definition) is 4. The Kier molecular flexibility index (Phi) is 11.9. The van der Waals surface area contributed by atoms with E-state index in [2.05, 4.69) is 20.9 Å². The molecule has 1 rings (SSSR count). The molecule has 25 heavy (non-hydrogen) atoms. The van der Waals surface area contributed by atoms with Crippen LogP contribution in [0.3, 0.4) is 0 Å². The summed E-state index contributed by atoms with van der Waals surface area (Å²) in [5.74, 6) is 0.700. The summed E-state index contributed by atoms with van der Waals surface area (Å²) < 4.78 is 10.3. The minimum Gasteiger partial charge on any atom is -0.382 e. The Balaban J connectivity index is 2.05. The number of hydrogen-bond donors (Lipinski definition) is 3. The zero-order chi connectivity index (χ0) is 18.2. The lowest BCUT2D eigenvalue weighted by Crippen LogP contribution is -2.39. The minimum atomic E-state index is 0.0124.